The van der Waals surface area contributed by atoms with Crippen LogP contribution in [0.5, 0.6) is 5.75 Å². The summed E-state index contributed by atoms with van der Waals surface area (Å²) in [5, 5.41) is 25.8. The normalized spacial score (nSPS) is 12.5. The predicted octanol–water partition coefficient (Wildman–Crippen LogP) is -1.18. The molecule has 0 saturated heterocycles. The maximum Gasteiger partial charge on any atom is 0.326 e. The maximum absolute atomic E-state index is 12.3. The van der Waals surface area contributed by atoms with Crippen molar-refractivity contribution in [2.45, 2.75) is 24.9 Å². The van der Waals surface area contributed by atoms with Crippen LogP contribution in [0.2, 0.25) is 0 Å². The molecule has 0 aromatic heterocycles. The average molecular weight is 426 g/mol. The number of aliphatic carboxylic acids is 1. The SMILES string of the molecule is CSCCC(NC(=O)CN)C(=O)NCC(=O)NC(Cc1ccc(O)cc1)C(=O)O. The monoisotopic (exact) mass is 426 g/mol. The zero-order valence-electron chi connectivity index (χ0n) is 16.0. The smallest absolute Gasteiger partial charge is 0.326 e. The first-order chi connectivity index (χ1) is 13.8. The van der Waals surface area contributed by atoms with Gasteiger partial charge < -0.3 is 31.9 Å². The molecule has 29 heavy (non-hydrogen) atoms. The highest BCUT2D eigenvalue weighted by Gasteiger charge is 2.23. The number of carboxylic acids is 1. The molecule has 0 bridgehead atoms. The average Bonchev–Trinajstić information content (AvgIpc) is 2.69. The first-order valence-corrected chi connectivity index (χ1v) is 10.2. The van der Waals surface area contributed by atoms with Gasteiger partial charge in [-0.25, -0.2) is 4.79 Å². The lowest BCUT2D eigenvalue weighted by atomic mass is 10.1. The number of phenols is 1. The summed E-state index contributed by atoms with van der Waals surface area (Å²) in [5.74, 6) is -2.30. The molecule has 1 rings (SSSR count). The topological polar surface area (TPSA) is 171 Å². The third-order valence-electron chi connectivity index (χ3n) is 3.88. The van der Waals surface area contributed by atoms with Crippen molar-refractivity contribution in [2.24, 2.45) is 5.73 Å². The lowest BCUT2D eigenvalue weighted by Gasteiger charge is -2.19. The Balaban J connectivity index is 2.60. The second-order valence-electron chi connectivity index (χ2n) is 6.15. The standard InChI is InChI=1S/C18H26N4O6S/c1-29-7-6-13(21-15(24)9-19)17(26)20-10-16(25)22-14(18(27)28)8-11-2-4-12(23)5-3-11/h2-5,13-14,23H,6-10,19H2,1H3,(H,20,26)(H,21,24)(H,22,25)(H,27,28). The van der Waals surface area contributed by atoms with Crippen molar-refractivity contribution in [3.8, 4) is 5.75 Å². The van der Waals surface area contributed by atoms with Gasteiger partial charge >= 0.3 is 5.97 Å². The highest BCUT2D eigenvalue weighted by atomic mass is 32.2. The van der Waals surface area contributed by atoms with E-state index in [2.05, 4.69) is 16.0 Å². The second kappa shape index (κ2) is 12.6. The number of carbonyl (C=O) groups is 4. The summed E-state index contributed by atoms with van der Waals surface area (Å²) in [7, 11) is 0. The van der Waals surface area contributed by atoms with Gasteiger partial charge in [-0.15, -0.1) is 0 Å². The van der Waals surface area contributed by atoms with Crippen LogP contribution in [0.15, 0.2) is 24.3 Å². The molecule has 0 aliphatic heterocycles. The van der Waals surface area contributed by atoms with E-state index in [0.717, 1.165) is 0 Å². The van der Waals surface area contributed by atoms with Crippen molar-refractivity contribution in [3.05, 3.63) is 29.8 Å². The molecule has 7 N–H and O–H groups in total. The van der Waals surface area contributed by atoms with E-state index in [1.165, 1.54) is 23.9 Å². The summed E-state index contributed by atoms with van der Waals surface area (Å²) < 4.78 is 0. The van der Waals surface area contributed by atoms with Gasteiger partial charge in [0.05, 0.1) is 13.1 Å². The van der Waals surface area contributed by atoms with Crippen molar-refractivity contribution >= 4 is 35.5 Å². The lowest BCUT2D eigenvalue weighted by Crippen LogP contribution is -2.52. The zero-order chi connectivity index (χ0) is 21.8. The van der Waals surface area contributed by atoms with Gasteiger partial charge in [0.1, 0.15) is 17.8 Å². The summed E-state index contributed by atoms with van der Waals surface area (Å²) >= 11 is 1.50. The molecular formula is C18H26N4O6S. The molecule has 2 atom stereocenters. The molecule has 0 aliphatic carbocycles. The number of hydrogen-bond donors (Lipinski definition) is 6. The van der Waals surface area contributed by atoms with E-state index in [9.17, 15) is 29.4 Å². The van der Waals surface area contributed by atoms with Gasteiger partial charge in [0.25, 0.3) is 0 Å². The molecule has 0 radical (unpaired) electrons. The minimum atomic E-state index is -1.23. The predicted molar refractivity (Wildman–Crippen MR) is 108 cm³/mol. The number of nitrogens with one attached hydrogen (secondary N) is 3. The number of aromatic hydroxyl groups is 1. The van der Waals surface area contributed by atoms with Crippen LogP contribution in [-0.2, 0) is 25.6 Å². The van der Waals surface area contributed by atoms with Gasteiger partial charge in [-0.05, 0) is 36.1 Å². The lowest BCUT2D eigenvalue weighted by molar-refractivity contribution is -0.141. The van der Waals surface area contributed by atoms with Crippen molar-refractivity contribution < 1.29 is 29.4 Å². The van der Waals surface area contributed by atoms with Crippen LogP contribution < -0.4 is 21.7 Å². The fourth-order valence-corrected chi connectivity index (χ4v) is 2.83. The molecule has 0 saturated carbocycles. The van der Waals surface area contributed by atoms with Gasteiger partial charge in [-0.2, -0.15) is 11.8 Å². The van der Waals surface area contributed by atoms with Crippen LogP contribution in [0.4, 0.5) is 0 Å². The van der Waals surface area contributed by atoms with Crippen molar-refractivity contribution in [3.63, 3.8) is 0 Å². The van der Waals surface area contributed by atoms with E-state index in [4.69, 9.17) is 5.73 Å². The van der Waals surface area contributed by atoms with Crippen molar-refractivity contribution in [1.29, 1.82) is 0 Å². The van der Waals surface area contributed by atoms with E-state index in [0.29, 0.717) is 17.7 Å². The molecular weight excluding hydrogens is 400 g/mol. The number of carboxylic acid groups (broad SMARTS) is 1. The Labute approximate surface area is 172 Å². The third-order valence-corrected chi connectivity index (χ3v) is 4.52. The molecule has 0 aliphatic rings. The van der Waals surface area contributed by atoms with Gasteiger partial charge in [0, 0.05) is 6.42 Å². The number of carbonyl (C=O) groups excluding carboxylic acids is 3. The van der Waals surface area contributed by atoms with Crippen LogP contribution in [0.1, 0.15) is 12.0 Å². The molecule has 3 amide bonds. The number of hydrogen-bond acceptors (Lipinski definition) is 7. The number of benzene rings is 1. The van der Waals surface area contributed by atoms with Crippen LogP contribution in [-0.4, -0.2) is 71.1 Å². The largest absolute Gasteiger partial charge is 0.508 e. The fraction of sp³-hybridized carbons (Fsp3) is 0.444. The van der Waals surface area contributed by atoms with Crippen LogP contribution in [0, 0.1) is 0 Å². The Kier molecular flexibility index (Phi) is 10.6. The minimum absolute atomic E-state index is 0.0121. The number of thioether (sulfide) groups is 1. The number of amides is 3. The van der Waals surface area contributed by atoms with E-state index in [1.54, 1.807) is 12.1 Å². The molecule has 2 unspecified atom stereocenters. The Morgan fingerprint density at radius 3 is 2.24 bits per heavy atom. The highest BCUT2D eigenvalue weighted by molar-refractivity contribution is 7.98. The van der Waals surface area contributed by atoms with Crippen LogP contribution in [0.3, 0.4) is 0 Å². The van der Waals surface area contributed by atoms with E-state index in [-0.39, 0.29) is 18.7 Å². The number of nitrogens with two attached hydrogens (primary N) is 1. The summed E-state index contributed by atoms with van der Waals surface area (Å²) in [6, 6.07) is 3.90. The molecule has 160 valence electrons. The minimum Gasteiger partial charge on any atom is -0.508 e. The molecule has 11 heteroatoms. The first-order valence-electron chi connectivity index (χ1n) is 8.83. The van der Waals surface area contributed by atoms with Gasteiger partial charge in [-0.1, -0.05) is 12.1 Å². The Morgan fingerprint density at radius 1 is 1.07 bits per heavy atom. The van der Waals surface area contributed by atoms with Gasteiger partial charge in [0.2, 0.25) is 17.7 Å². The third kappa shape index (κ3) is 9.30. The Hall–Kier alpha value is -2.79. The van der Waals surface area contributed by atoms with Crippen LogP contribution in [0.25, 0.3) is 0 Å². The van der Waals surface area contributed by atoms with E-state index >= 15 is 0 Å². The Morgan fingerprint density at radius 2 is 1.69 bits per heavy atom. The highest BCUT2D eigenvalue weighted by Crippen LogP contribution is 2.11. The molecule has 10 nitrogen and oxygen atoms in total. The maximum atomic E-state index is 12.3. The van der Waals surface area contributed by atoms with E-state index < -0.39 is 42.3 Å². The summed E-state index contributed by atoms with van der Waals surface area (Å²) in [6.45, 7) is -0.701. The molecule has 0 spiro atoms. The summed E-state index contributed by atoms with van der Waals surface area (Å²) in [4.78, 5) is 47.2. The first kappa shape index (κ1) is 24.2. The second-order valence-corrected chi connectivity index (χ2v) is 7.14. The Bertz CT molecular complexity index is 713. The fourth-order valence-electron chi connectivity index (χ4n) is 2.36. The quantitative estimate of drug-likeness (QED) is 0.242. The summed E-state index contributed by atoms with van der Waals surface area (Å²) in [5.41, 5.74) is 5.86. The van der Waals surface area contributed by atoms with Crippen LogP contribution >= 0.6 is 11.8 Å². The van der Waals surface area contributed by atoms with Gasteiger partial charge in [-0.3, -0.25) is 14.4 Å². The number of phenolic OH excluding ortho intramolecular Hbond substituents is 1. The molecule has 1 aromatic carbocycles. The van der Waals surface area contributed by atoms with Gasteiger partial charge in [0.15, 0.2) is 0 Å². The zero-order valence-corrected chi connectivity index (χ0v) is 16.8. The summed E-state index contributed by atoms with van der Waals surface area (Å²) in [6.07, 6.45) is 2.23. The number of rotatable bonds is 12. The molecule has 1 aromatic rings. The van der Waals surface area contributed by atoms with E-state index in [1.807, 2.05) is 6.26 Å². The molecule has 0 heterocycles. The molecule has 0 fully saturated rings. The van der Waals surface area contributed by atoms with Crippen molar-refractivity contribution in [1.82, 2.24) is 16.0 Å². The van der Waals surface area contributed by atoms with Crippen molar-refractivity contribution in [2.75, 3.05) is 25.1 Å².